The van der Waals surface area contributed by atoms with Crippen LogP contribution in [0.1, 0.15) is 20.3 Å². The maximum Gasteiger partial charge on any atom is 0.293 e. The maximum atomic E-state index is 12.2. The van der Waals surface area contributed by atoms with Gasteiger partial charge < -0.3 is 15.2 Å². The van der Waals surface area contributed by atoms with E-state index in [0.717, 1.165) is 26.1 Å². The number of nitrogens with two attached hydrogens (primary N) is 1. The highest BCUT2D eigenvalue weighted by Gasteiger charge is 2.22. The summed E-state index contributed by atoms with van der Waals surface area (Å²) < 4.78 is 1.73. The van der Waals surface area contributed by atoms with Crippen molar-refractivity contribution in [3.8, 4) is 0 Å². The van der Waals surface area contributed by atoms with Gasteiger partial charge in [0.1, 0.15) is 0 Å². The molecule has 2 heterocycles. The Balaban J connectivity index is 2.26. The average molecular weight is 236 g/mol. The molecule has 5 nitrogen and oxygen atoms in total. The quantitative estimate of drug-likeness (QED) is 0.827. The van der Waals surface area contributed by atoms with Crippen LogP contribution in [0.3, 0.4) is 0 Å². The molecule has 0 bridgehead atoms. The summed E-state index contributed by atoms with van der Waals surface area (Å²) in [4.78, 5) is 18.4. The van der Waals surface area contributed by atoms with E-state index in [-0.39, 0.29) is 11.6 Å². The van der Waals surface area contributed by atoms with Gasteiger partial charge in [0, 0.05) is 38.1 Å². The SMILES string of the molecule is CC(C)Cn1ccnc(N2CCC(N)C2)c1=O. The molecule has 1 aromatic heterocycles. The van der Waals surface area contributed by atoms with E-state index in [1.54, 1.807) is 17.0 Å². The Kier molecular flexibility index (Phi) is 3.47. The van der Waals surface area contributed by atoms with Crippen LogP contribution in [0, 0.1) is 5.92 Å². The van der Waals surface area contributed by atoms with Crippen LogP contribution in [0.2, 0.25) is 0 Å². The first-order valence-corrected chi connectivity index (χ1v) is 6.14. The number of aromatic nitrogens is 2. The second-order valence-electron chi connectivity index (χ2n) is 5.10. The van der Waals surface area contributed by atoms with Gasteiger partial charge in [-0.15, -0.1) is 0 Å². The molecule has 1 aliphatic rings. The summed E-state index contributed by atoms with van der Waals surface area (Å²) in [6.07, 6.45) is 4.38. The first kappa shape index (κ1) is 12.1. The Bertz CT molecular complexity index is 440. The van der Waals surface area contributed by atoms with E-state index in [9.17, 15) is 4.79 Å². The van der Waals surface area contributed by atoms with Gasteiger partial charge in [-0.05, 0) is 12.3 Å². The van der Waals surface area contributed by atoms with Crippen LogP contribution in [-0.2, 0) is 6.54 Å². The smallest absolute Gasteiger partial charge is 0.293 e. The Hall–Kier alpha value is -1.36. The van der Waals surface area contributed by atoms with E-state index in [2.05, 4.69) is 18.8 Å². The molecule has 0 aromatic carbocycles. The van der Waals surface area contributed by atoms with E-state index >= 15 is 0 Å². The van der Waals surface area contributed by atoms with Crippen molar-refractivity contribution in [3.05, 3.63) is 22.7 Å². The topological polar surface area (TPSA) is 64.2 Å². The van der Waals surface area contributed by atoms with E-state index in [0.29, 0.717) is 11.7 Å². The predicted molar refractivity (Wildman–Crippen MR) is 68.1 cm³/mol. The molecule has 1 fully saturated rings. The van der Waals surface area contributed by atoms with Crippen LogP contribution in [-0.4, -0.2) is 28.7 Å². The van der Waals surface area contributed by atoms with Gasteiger partial charge in [0.25, 0.3) is 5.56 Å². The van der Waals surface area contributed by atoms with Crippen molar-refractivity contribution in [3.63, 3.8) is 0 Å². The minimum absolute atomic E-state index is 0.00435. The summed E-state index contributed by atoms with van der Waals surface area (Å²) in [5.41, 5.74) is 5.85. The first-order chi connectivity index (χ1) is 8.08. The summed E-state index contributed by atoms with van der Waals surface area (Å²) in [7, 11) is 0. The van der Waals surface area contributed by atoms with E-state index < -0.39 is 0 Å². The predicted octanol–water partition coefficient (Wildman–Crippen LogP) is 0.437. The van der Waals surface area contributed by atoms with Gasteiger partial charge in [-0.2, -0.15) is 0 Å². The van der Waals surface area contributed by atoms with Crippen molar-refractivity contribution in [1.82, 2.24) is 9.55 Å². The lowest BCUT2D eigenvalue weighted by molar-refractivity contribution is 0.508. The van der Waals surface area contributed by atoms with Gasteiger partial charge >= 0.3 is 0 Å². The molecule has 5 heteroatoms. The zero-order valence-electron chi connectivity index (χ0n) is 10.5. The fraction of sp³-hybridized carbons (Fsp3) is 0.667. The van der Waals surface area contributed by atoms with Gasteiger partial charge in [-0.3, -0.25) is 4.79 Å². The van der Waals surface area contributed by atoms with Crippen molar-refractivity contribution in [1.29, 1.82) is 0 Å². The van der Waals surface area contributed by atoms with Gasteiger partial charge in [0.15, 0.2) is 5.82 Å². The van der Waals surface area contributed by atoms with Crippen molar-refractivity contribution in [2.45, 2.75) is 32.9 Å². The van der Waals surface area contributed by atoms with Crippen LogP contribution < -0.4 is 16.2 Å². The lowest BCUT2D eigenvalue weighted by atomic mass is 10.2. The lowest BCUT2D eigenvalue weighted by Gasteiger charge is -2.17. The van der Waals surface area contributed by atoms with E-state index in [4.69, 9.17) is 5.73 Å². The molecule has 94 valence electrons. The summed E-state index contributed by atoms with van der Waals surface area (Å²) in [5.74, 6) is 0.991. The lowest BCUT2D eigenvalue weighted by Crippen LogP contribution is -2.34. The van der Waals surface area contributed by atoms with Crippen LogP contribution >= 0.6 is 0 Å². The van der Waals surface area contributed by atoms with Gasteiger partial charge in [0.05, 0.1) is 0 Å². The molecular formula is C12H20N4O. The van der Waals surface area contributed by atoms with Crippen molar-refractivity contribution in [2.24, 2.45) is 11.7 Å². The molecule has 0 aliphatic carbocycles. The molecule has 0 amide bonds. The fourth-order valence-corrected chi connectivity index (χ4v) is 2.17. The highest BCUT2D eigenvalue weighted by Crippen LogP contribution is 2.12. The average Bonchev–Trinajstić information content (AvgIpc) is 2.67. The second kappa shape index (κ2) is 4.87. The van der Waals surface area contributed by atoms with Crippen LogP contribution in [0.4, 0.5) is 5.82 Å². The van der Waals surface area contributed by atoms with Gasteiger partial charge in [-0.25, -0.2) is 4.98 Å². The second-order valence-corrected chi connectivity index (χ2v) is 5.10. The highest BCUT2D eigenvalue weighted by atomic mass is 16.1. The highest BCUT2D eigenvalue weighted by molar-refractivity contribution is 5.37. The molecule has 2 rings (SSSR count). The Labute approximate surface area is 101 Å². The Morgan fingerprint density at radius 2 is 2.35 bits per heavy atom. The number of hydrogen-bond acceptors (Lipinski definition) is 4. The molecule has 0 saturated carbocycles. The van der Waals surface area contributed by atoms with Crippen LogP contribution in [0.15, 0.2) is 17.2 Å². The van der Waals surface area contributed by atoms with Crippen molar-refractivity contribution < 1.29 is 0 Å². The maximum absolute atomic E-state index is 12.2. The van der Waals surface area contributed by atoms with E-state index in [1.165, 1.54) is 0 Å². The zero-order chi connectivity index (χ0) is 12.4. The molecule has 1 unspecified atom stereocenters. The van der Waals surface area contributed by atoms with E-state index in [1.807, 2.05) is 4.90 Å². The Morgan fingerprint density at radius 1 is 1.59 bits per heavy atom. The third-order valence-corrected chi connectivity index (χ3v) is 2.98. The molecule has 1 saturated heterocycles. The normalized spacial score (nSPS) is 20.2. The van der Waals surface area contributed by atoms with Crippen LogP contribution in [0.5, 0.6) is 0 Å². The van der Waals surface area contributed by atoms with Crippen molar-refractivity contribution >= 4 is 5.82 Å². The van der Waals surface area contributed by atoms with Crippen LogP contribution in [0.25, 0.3) is 0 Å². The summed E-state index contributed by atoms with van der Waals surface area (Å²) in [6, 6.07) is 0.162. The van der Waals surface area contributed by atoms with Crippen molar-refractivity contribution in [2.75, 3.05) is 18.0 Å². The summed E-state index contributed by atoms with van der Waals surface area (Å²) in [5, 5.41) is 0. The molecule has 1 atom stereocenters. The molecule has 17 heavy (non-hydrogen) atoms. The molecule has 2 N–H and O–H groups in total. The number of anilines is 1. The minimum atomic E-state index is -0.00435. The number of hydrogen-bond donors (Lipinski definition) is 1. The summed E-state index contributed by atoms with van der Waals surface area (Å²) in [6.45, 7) is 6.48. The summed E-state index contributed by atoms with van der Waals surface area (Å²) >= 11 is 0. The fourth-order valence-electron chi connectivity index (χ4n) is 2.17. The third kappa shape index (κ3) is 2.66. The minimum Gasteiger partial charge on any atom is -0.350 e. The molecule has 1 aliphatic heterocycles. The molecular weight excluding hydrogens is 216 g/mol. The molecule has 1 aromatic rings. The number of nitrogens with zero attached hydrogens (tertiary/aromatic N) is 3. The molecule has 0 radical (unpaired) electrons. The third-order valence-electron chi connectivity index (χ3n) is 2.98. The number of rotatable bonds is 3. The largest absolute Gasteiger partial charge is 0.350 e. The Morgan fingerprint density at radius 3 is 2.94 bits per heavy atom. The molecule has 0 spiro atoms. The van der Waals surface area contributed by atoms with Gasteiger partial charge in [0.2, 0.25) is 0 Å². The first-order valence-electron chi connectivity index (χ1n) is 6.14. The standard InChI is InChI=1S/C12H20N4O/c1-9(2)7-16-6-4-14-11(12(16)17)15-5-3-10(13)8-15/h4,6,9-10H,3,5,7-8,13H2,1-2H3. The zero-order valence-corrected chi connectivity index (χ0v) is 10.5. The van der Waals surface area contributed by atoms with Gasteiger partial charge in [-0.1, -0.05) is 13.8 Å². The monoisotopic (exact) mass is 236 g/mol.